The molecule has 2 rings (SSSR count). The van der Waals surface area contributed by atoms with Crippen LogP contribution >= 0.6 is 0 Å². The number of rotatable bonds is 5. The largest absolute Gasteiger partial charge is 0.383 e. The van der Waals surface area contributed by atoms with E-state index in [1.165, 1.54) is 0 Å². The highest BCUT2D eigenvalue weighted by molar-refractivity contribution is 5.84. The van der Waals surface area contributed by atoms with Gasteiger partial charge in [0.1, 0.15) is 0 Å². The van der Waals surface area contributed by atoms with Crippen molar-refractivity contribution >= 4 is 5.91 Å². The van der Waals surface area contributed by atoms with Crippen LogP contribution in [0.15, 0.2) is 24.3 Å². The maximum atomic E-state index is 13.2. The Morgan fingerprint density at radius 1 is 1.40 bits per heavy atom. The lowest BCUT2D eigenvalue weighted by molar-refractivity contribution is -0.181. The Kier molecular flexibility index (Phi) is 4.01. The van der Waals surface area contributed by atoms with Gasteiger partial charge in [-0.05, 0) is 25.3 Å². The minimum absolute atomic E-state index is 0.0620. The molecule has 0 unspecified atom stereocenters. The van der Waals surface area contributed by atoms with Crippen molar-refractivity contribution in [1.82, 2.24) is 4.90 Å². The van der Waals surface area contributed by atoms with E-state index in [2.05, 4.69) is 0 Å². The highest BCUT2D eigenvalue weighted by Crippen LogP contribution is 2.34. The van der Waals surface area contributed by atoms with E-state index in [9.17, 15) is 22.4 Å². The number of carbonyl (C=O) groups excluding carboxylic acids is 1. The van der Waals surface area contributed by atoms with E-state index in [0.717, 1.165) is 10.5 Å². The molecule has 1 aliphatic rings. The number of aryl methyl sites for hydroxylation is 1. The molecule has 0 spiro atoms. The molecule has 0 N–H and O–H groups in total. The molecule has 1 fully saturated rings. The molecule has 0 heterocycles. The van der Waals surface area contributed by atoms with E-state index >= 15 is 0 Å². The van der Waals surface area contributed by atoms with E-state index in [-0.39, 0.29) is 12.6 Å². The van der Waals surface area contributed by atoms with Crippen LogP contribution in [0, 0.1) is 6.92 Å². The Balaban J connectivity index is 2.18. The average molecular weight is 289 g/mol. The summed E-state index contributed by atoms with van der Waals surface area (Å²) in [5, 5.41) is 0. The van der Waals surface area contributed by atoms with Gasteiger partial charge in [-0.3, -0.25) is 4.79 Å². The van der Waals surface area contributed by atoms with Gasteiger partial charge >= 0.3 is 12.3 Å². The van der Waals surface area contributed by atoms with Crippen molar-refractivity contribution in [2.45, 2.75) is 44.7 Å². The van der Waals surface area contributed by atoms with Gasteiger partial charge in [-0.2, -0.15) is 8.78 Å². The minimum Gasteiger partial charge on any atom is -0.330 e. The molecule has 0 saturated heterocycles. The van der Waals surface area contributed by atoms with Crippen LogP contribution < -0.4 is 0 Å². The van der Waals surface area contributed by atoms with E-state index in [0.29, 0.717) is 18.4 Å². The quantitative estimate of drug-likeness (QED) is 0.761. The zero-order valence-electron chi connectivity index (χ0n) is 11.0. The number of hydrogen-bond donors (Lipinski definition) is 0. The van der Waals surface area contributed by atoms with Crippen LogP contribution in [0.2, 0.25) is 0 Å². The number of benzene rings is 1. The number of halogens is 4. The Labute approximate surface area is 114 Å². The first-order valence-corrected chi connectivity index (χ1v) is 6.35. The maximum Gasteiger partial charge on any atom is 0.383 e. The normalized spacial score (nSPS) is 15.5. The molecule has 0 atom stereocenters. The third kappa shape index (κ3) is 3.11. The molecule has 0 radical (unpaired) electrons. The van der Waals surface area contributed by atoms with Crippen LogP contribution in [0.4, 0.5) is 17.6 Å². The summed E-state index contributed by atoms with van der Waals surface area (Å²) in [6.07, 6.45) is -2.82. The van der Waals surface area contributed by atoms with Crippen molar-refractivity contribution < 1.29 is 22.4 Å². The summed E-state index contributed by atoms with van der Waals surface area (Å²) in [5.41, 5.74) is 1.58. The van der Waals surface area contributed by atoms with Gasteiger partial charge in [-0.15, -0.1) is 0 Å². The number of amides is 1. The molecule has 6 heteroatoms. The number of alkyl halides is 4. The van der Waals surface area contributed by atoms with Gasteiger partial charge in [0.25, 0.3) is 5.91 Å². The van der Waals surface area contributed by atoms with Crippen molar-refractivity contribution in [3.63, 3.8) is 0 Å². The van der Waals surface area contributed by atoms with Gasteiger partial charge in [0.2, 0.25) is 0 Å². The van der Waals surface area contributed by atoms with Crippen LogP contribution in [-0.2, 0) is 11.3 Å². The molecular weight excluding hydrogens is 274 g/mol. The second kappa shape index (κ2) is 5.42. The highest BCUT2D eigenvalue weighted by atomic mass is 19.3. The zero-order chi connectivity index (χ0) is 14.9. The minimum atomic E-state index is -4.62. The lowest BCUT2D eigenvalue weighted by Crippen LogP contribution is -2.48. The zero-order valence-corrected chi connectivity index (χ0v) is 11.0. The van der Waals surface area contributed by atoms with Crippen molar-refractivity contribution in [3.05, 3.63) is 35.4 Å². The molecule has 1 aliphatic carbocycles. The first-order chi connectivity index (χ1) is 9.32. The number of hydrogen-bond acceptors (Lipinski definition) is 1. The second-order valence-electron chi connectivity index (χ2n) is 5.08. The number of carbonyl (C=O) groups is 1. The van der Waals surface area contributed by atoms with Crippen LogP contribution in [0.3, 0.4) is 0 Å². The predicted octanol–water partition coefficient (Wildman–Crippen LogP) is 3.39. The lowest BCUT2D eigenvalue weighted by atomic mass is 10.1. The summed E-state index contributed by atoms with van der Waals surface area (Å²) in [4.78, 5) is 12.5. The van der Waals surface area contributed by atoms with Gasteiger partial charge in [0.05, 0.1) is 0 Å². The molecule has 1 aromatic carbocycles. The molecule has 20 heavy (non-hydrogen) atoms. The summed E-state index contributed by atoms with van der Waals surface area (Å²) >= 11 is 0. The summed E-state index contributed by atoms with van der Waals surface area (Å²) in [7, 11) is 0. The van der Waals surface area contributed by atoms with Gasteiger partial charge in [0.15, 0.2) is 0 Å². The smallest absolute Gasteiger partial charge is 0.330 e. The van der Waals surface area contributed by atoms with Gasteiger partial charge < -0.3 is 4.90 Å². The molecule has 2 nitrogen and oxygen atoms in total. The fourth-order valence-corrected chi connectivity index (χ4v) is 2.04. The summed E-state index contributed by atoms with van der Waals surface area (Å²) < 4.78 is 51.1. The SMILES string of the molecule is Cc1cccc(CN(C(=O)C(F)(F)C(F)F)C2CC2)c1. The monoisotopic (exact) mass is 289 g/mol. The molecule has 1 aromatic rings. The second-order valence-corrected chi connectivity index (χ2v) is 5.08. The Morgan fingerprint density at radius 3 is 2.55 bits per heavy atom. The van der Waals surface area contributed by atoms with Crippen molar-refractivity contribution in [1.29, 1.82) is 0 Å². The van der Waals surface area contributed by atoms with Crippen molar-refractivity contribution in [2.24, 2.45) is 0 Å². The lowest BCUT2D eigenvalue weighted by Gasteiger charge is -2.26. The van der Waals surface area contributed by atoms with Crippen LogP contribution in [-0.4, -0.2) is 29.2 Å². The first-order valence-electron chi connectivity index (χ1n) is 6.35. The highest BCUT2D eigenvalue weighted by Gasteiger charge is 2.53. The summed E-state index contributed by atoms with van der Waals surface area (Å²) in [5.74, 6) is -6.40. The third-order valence-corrected chi connectivity index (χ3v) is 3.24. The molecule has 0 aromatic heterocycles. The molecule has 110 valence electrons. The topological polar surface area (TPSA) is 20.3 Å². The third-order valence-electron chi connectivity index (χ3n) is 3.24. The molecular formula is C14H15F4NO. The first kappa shape index (κ1) is 14.8. The molecule has 1 amide bonds. The van der Waals surface area contributed by atoms with Crippen LogP contribution in [0.5, 0.6) is 0 Å². The van der Waals surface area contributed by atoms with E-state index in [1.54, 1.807) is 18.2 Å². The summed E-state index contributed by atoms with van der Waals surface area (Å²) in [6.45, 7) is 1.77. The predicted molar refractivity (Wildman–Crippen MR) is 65.7 cm³/mol. The molecule has 0 aliphatic heterocycles. The Hall–Kier alpha value is -1.59. The van der Waals surface area contributed by atoms with Gasteiger partial charge in [-0.1, -0.05) is 29.8 Å². The summed E-state index contributed by atoms with van der Waals surface area (Å²) in [6, 6.07) is 6.67. The van der Waals surface area contributed by atoms with Crippen molar-refractivity contribution in [3.8, 4) is 0 Å². The maximum absolute atomic E-state index is 13.2. The van der Waals surface area contributed by atoms with Gasteiger partial charge in [-0.25, -0.2) is 8.78 Å². The fourth-order valence-electron chi connectivity index (χ4n) is 2.04. The van der Waals surface area contributed by atoms with E-state index in [1.807, 2.05) is 13.0 Å². The van der Waals surface area contributed by atoms with E-state index < -0.39 is 18.3 Å². The average Bonchev–Trinajstić information content (AvgIpc) is 3.19. The van der Waals surface area contributed by atoms with E-state index in [4.69, 9.17) is 0 Å². The Morgan fingerprint density at radius 2 is 2.05 bits per heavy atom. The Bertz CT molecular complexity index is 500. The number of nitrogens with zero attached hydrogens (tertiary/aromatic N) is 1. The van der Waals surface area contributed by atoms with Crippen LogP contribution in [0.25, 0.3) is 0 Å². The van der Waals surface area contributed by atoms with Gasteiger partial charge in [0, 0.05) is 12.6 Å². The van der Waals surface area contributed by atoms with Crippen LogP contribution in [0.1, 0.15) is 24.0 Å². The molecule has 1 saturated carbocycles. The molecule has 0 bridgehead atoms. The van der Waals surface area contributed by atoms with Crippen molar-refractivity contribution in [2.75, 3.05) is 0 Å². The standard InChI is InChI=1S/C14H15F4NO/c1-9-3-2-4-10(7-9)8-19(11-5-6-11)13(20)14(17,18)12(15)16/h2-4,7,11-12H,5-6,8H2,1H3. The fraction of sp³-hybridized carbons (Fsp3) is 0.500.